The molecule has 0 N–H and O–H groups in total. The third kappa shape index (κ3) is 4.88. The van der Waals surface area contributed by atoms with Gasteiger partial charge in [0, 0.05) is 44.3 Å². The van der Waals surface area contributed by atoms with E-state index >= 15 is 4.39 Å². The van der Waals surface area contributed by atoms with Crippen LogP contribution in [0.25, 0.3) is 22.4 Å². The number of hydrogen-bond acceptors (Lipinski definition) is 9. The highest BCUT2D eigenvalue weighted by Gasteiger charge is 2.26. The summed E-state index contributed by atoms with van der Waals surface area (Å²) in [6.07, 6.45) is 1.55. The van der Waals surface area contributed by atoms with Crippen LogP contribution in [0.15, 0.2) is 57.0 Å². The molecule has 0 radical (unpaired) electrons. The van der Waals surface area contributed by atoms with Crippen LogP contribution >= 0.6 is 0 Å². The summed E-state index contributed by atoms with van der Waals surface area (Å²) in [5.41, 5.74) is 1.02. The number of aryl methyl sites for hydroxylation is 1. The van der Waals surface area contributed by atoms with Crippen molar-refractivity contribution >= 4 is 26.4 Å². The van der Waals surface area contributed by atoms with Crippen LogP contribution in [-0.4, -0.2) is 68.4 Å². The molecule has 1 aliphatic rings. The lowest BCUT2D eigenvalue weighted by molar-refractivity contribution is 0.312. The lowest BCUT2D eigenvalue weighted by Crippen LogP contribution is -2.44. The van der Waals surface area contributed by atoms with Gasteiger partial charge < -0.3 is 23.5 Å². The van der Waals surface area contributed by atoms with Gasteiger partial charge in [-0.2, -0.15) is 0 Å². The van der Waals surface area contributed by atoms with E-state index in [1.807, 2.05) is 18.9 Å². The lowest BCUT2D eigenvalue weighted by atomic mass is 10.1. The fourth-order valence-electron chi connectivity index (χ4n) is 4.55. The zero-order valence-corrected chi connectivity index (χ0v) is 22.2. The van der Waals surface area contributed by atoms with Crippen molar-refractivity contribution in [1.82, 2.24) is 19.7 Å². The second-order valence-electron chi connectivity index (χ2n) is 9.25. The zero-order valence-electron chi connectivity index (χ0n) is 21.3. The number of halogens is 1. The number of nitrogens with zero attached hydrogens (tertiary/aromatic N) is 5. The molecule has 12 heteroatoms. The van der Waals surface area contributed by atoms with Crippen molar-refractivity contribution in [2.75, 3.05) is 45.2 Å². The van der Waals surface area contributed by atoms with Crippen LogP contribution in [-0.2, 0) is 22.1 Å². The molecule has 0 amide bonds. The second-order valence-corrected chi connectivity index (χ2v) is 11.1. The van der Waals surface area contributed by atoms with Crippen molar-refractivity contribution < 1.29 is 22.0 Å². The number of methoxy groups -OCH3 is 1. The van der Waals surface area contributed by atoms with Crippen molar-refractivity contribution in [3.63, 3.8) is 0 Å². The van der Waals surface area contributed by atoms with Crippen molar-refractivity contribution in [3.05, 3.63) is 64.2 Å². The first-order chi connectivity index (χ1) is 18.2. The van der Waals surface area contributed by atoms with E-state index < -0.39 is 26.3 Å². The Morgan fingerprint density at radius 1 is 1.08 bits per heavy atom. The van der Waals surface area contributed by atoms with Gasteiger partial charge in [-0.15, -0.1) is 5.10 Å². The zero-order chi connectivity index (χ0) is 27.0. The molecule has 2 aromatic heterocycles. The number of likely N-dealkylation sites (N-methyl/N-ethyl adjacent to an activating group) is 1. The van der Waals surface area contributed by atoms with E-state index in [9.17, 15) is 13.2 Å². The predicted molar refractivity (Wildman–Crippen MR) is 141 cm³/mol. The van der Waals surface area contributed by atoms with Crippen LogP contribution < -0.4 is 15.1 Å². The SMILES string of the molecule is CCn1cc(-c2nnc(S(=O)(=O)Cc3ccc(OC)cc3)o2)c(=O)c2cc(F)c(N3CCN(C)CC3)cc21. The topological polar surface area (TPSA) is 111 Å². The molecule has 38 heavy (non-hydrogen) atoms. The summed E-state index contributed by atoms with van der Waals surface area (Å²) in [4.78, 5) is 17.6. The van der Waals surface area contributed by atoms with Crippen molar-refractivity contribution in [2.45, 2.75) is 24.4 Å². The van der Waals surface area contributed by atoms with Crippen LogP contribution in [0, 0.1) is 5.82 Å². The molecule has 0 unspecified atom stereocenters. The summed E-state index contributed by atoms with van der Waals surface area (Å²) in [7, 11) is -0.434. The number of piperazine rings is 1. The molecule has 0 atom stereocenters. The Labute approximate surface area is 219 Å². The molecule has 0 aliphatic carbocycles. The highest BCUT2D eigenvalue weighted by atomic mass is 32.2. The molecule has 1 fully saturated rings. The number of hydrogen-bond donors (Lipinski definition) is 0. The van der Waals surface area contributed by atoms with Gasteiger partial charge in [0.15, 0.2) is 0 Å². The highest BCUT2D eigenvalue weighted by molar-refractivity contribution is 7.90. The summed E-state index contributed by atoms with van der Waals surface area (Å²) >= 11 is 0. The van der Waals surface area contributed by atoms with Gasteiger partial charge in [-0.25, -0.2) is 12.8 Å². The molecule has 2 aromatic carbocycles. The fourth-order valence-corrected chi connectivity index (χ4v) is 5.68. The fraction of sp³-hybridized carbons (Fsp3) is 0.346. The average molecular weight is 542 g/mol. The van der Waals surface area contributed by atoms with Crippen LogP contribution in [0.5, 0.6) is 5.75 Å². The van der Waals surface area contributed by atoms with Gasteiger partial charge in [0.2, 0.25) is 15.3 Å². The van der Waals surface area contributed by atoms with Crippen molar-refractivity contribution in [3.8, 4) is 17.2 Å². The van der Waals surface area contributed by atoms with Gasteiger partial charge in [0.1, 0.15) is 17.1 Å². The first-order valence-corrected chi connectivity index (χ1v) is 13.8. The Morgan fingerprint density at radius 2 is 1.79 bits per heavy atom. The van der Waals surface area contributed by atoms with Crippen LogP contribution in [0.1, 0.15) is 12.5 Å². The van der Waals surface area contributed by atoms with Gasteiger partial charge in [-0.1, -0.05) is 17.2 Å². The van der Waals surface area contributed by atoms with E-state index in [1.165, 1.54) is 13.2 Å². The van der Waals surface area contributed by atoms with E-state index in [0.29, 0.717) is 42.2 Å². The van der Waals surface area contributed by atoms with E-state index in [0.717, 1.165) is 13.1 Å². The summed E-state index contributed by atoms with van der Waals surface area (Å²) in [5, 5.41) is 7.12. The van der Waals surface area contributed by atoms with Gasteiger partial charge in [-0.05, 0) is 43.8 Å². The molecular weight excluding hydrogens is 513 g/mol. The number of sulfone groups is 1. The number of ether oxygens (including phenoxy) is 1. The van der Waals surface area contributed by atoms with E-state index in [-0.39, 0.29) is 22.6 Å². The van der Waals surface area contributed by atoms with Gasteiger partial charge in [0.05, 0.1) is 24.1 Å². The standard InChI is InChI=1S/C26H28FN5O5S/c1-4-31-15-20(24(33)19-13-21(27)23(14-22(19)31)32-11-9-30(2)10-12-32)25-28-29-26(37-25)38(34,35)16-17-5-7-18(36-3)8-6-17/h5-8,13-15H,4,9-12,16H2,1-3H3. The first kappa shape index (κ1) is 25.9. The summed E-state index contributed by atoms with van der Waals surface area (Å²) in [6.45, 7) is 5.38. The van der Waals surface area contributed by atoms with E-state index in [1.54, 1.807) is 41.1 Å². The smallest absolute Gasteiger partial charge is 0.336 e. The minimum Gasteiger partial charge on any atom is -0.497 e. The summed E-state index contributed by atoms with van der Waals surface area (Å²) < 4.78 is 53.4. The first-order valence-electron chi connectivity index (χ1n) is 12.2. The molecule has 1 aliphatic heterocycles. The molecule has 3 heterocycles. The minimum absolute atomic E-state index is 0.00416. The molecule has 0 bridgehead atoms. The number of fused-ring (bicyclic) bond motifs is 1. The van der Waals surface area contributed by atoms with Crippen LogP contribution in [0.2, 0.25) is 0 Å². The van der Waals surface area contributed by atoms with E-state index in [4.69, 9.17) is 9.15 Å². The molecule has 5 rings (SSSR count). The van der Waals surface area contributed by atoms with E-state index in [2.05, 4.69) is 15.1 Å². The molecule has 10 nitrogen and oxygen atoms in total. The number of benzene rings is 2. The monoisotopic (exact) mass is 541 g/mol. The number of rotatable bonds is 7. The Bertz CT molecular complexity index is 1640. The maximum Gasteiger partial charge on any atom is 0.336 e. The maximum atomic E-state index is 15.2. The third-order valence-corrected chi connectivity index (χ3v) is 8.16. The number of aromatic nitrogens is 3. The molecular formula is C26H28FN5O5S. The molecule has 200 valence electrons. The minimum atomic E-state index is -3.98. The Hall–Kier alpha value is -3.77. The second kappa shape index (κ2) is 10.2. The molecule has 1 saturated heterocycles. The highest BCUT2D eigenvalue weighted by Crippen LogP contribution is 2.28. The summed E-state index contributed by atoms with van der Waals surface area (Å²) in [5.74, 6) is -0.499. The number of pyridine rings is 1. The average Bonchev–Trinajstić information content (AvgIpc) is 3.41. The predicted octanol–water partition coefficient (Wildman–Crippen LogP) is 2.94. The van der Waals surface area contributed by atoms with Crippen LogP contribution in [0.3, 0.4) is 0 Å². The number of anilines is 1. The Balaban J connectivity index is 1.50. The summed E-state index contributed by atoms with van der Waals surface area (Å²) in [6, 6.07) is 9.49. The molecule has 0 saturated carbocycles. The van der Waals surface area contributed by atoms with Gasteiger partial charge >= 0.3 is 5.22 Å². The van der Waals surface area contributed by atoms with Gasteiger partial charge in [0.25, 0.3) is 5.89 Å². The lowest BCUT2D eigenvalue weighted by Gasteiger charge is -2.34. The molecule has 0 spiro atoms. The quantitative estimate of drug-likeness (QED) is 0.349. The third-order valence-electron chi connectivity index (χ3n) is 6.75. The maximum absolute atomic E-state index is 15.2. The van der Waals surface area contributed by atoms with Crippen LogP contribution in [0.4, 0.5) is 10.1 Å². The van der Waals surface area contributed by atoms with Crippen molar-refractivity contribution in [1.29, 1.82) is 0 Å². The Kier molecular flexibility index (Phi) is 6.93. The Morgan fingerprint density at radius 3 is 2.45 bits per heavy atom. The largest absolute Gasteiger partial charge is 0.497 e. The van der Waals surface area contributed by atoms with Crippen molar-refractivity contribution in [2.24, 2.45) is 0 Å². The molecule has 4 aromatic rings. The normalized spacial score (nSPS) is 14.8. The van der Waals surface area contributed by atoms with Gasteiger partial charge in [-0.3, -0.25) is 4.79 Å².